The summed E-state index contributed by atoms with van der Waals surface area (Å²) in [4.78, 5) is 65.2. The topological polar surface area (TPSA) is 184 Å². The number of hydrogen-bond acceptors (Lipinski definition) is 8. The van der Waals surface area contributed by atoms with Gasteiger partial charge in [-0.25, -0.2) is 4.79 Å². The van der Waals surface area contributed by atoms with Crippen LogP contribution in [0.15, 0.2) is 0 Å². The van der Waals surface area contributed by atoms with Crippen LogP contribution in [-0.4, -0.2) is 90.5 Å². The SMILES string of the molecule is CCC[C@H](NC(=O)[C@H](C)C[C@H](O)[C@H](CC(C)C)NC(=O)[C@H](CCOC)NC(=O)[C@H](CC(C)C)NC(=O)OC(C)(C)C)C(=O)NC(C)C. The first-order valence-corrected chi connectivity index (χ1v) is 17.1. The highest BCUT2D eigenvalue weighted by Gasteiger charge is 2.33. The third kappa shape index (κ3) is 19.5. The van der Waals surface area contributed by atoms with Crippen molar-refractivity contribution >= 4 is 29.7 Å². The van der Waals surface area contributed by atoms with E-state index in [1.165, 1.54) is 7.11 Å². The van der Waals surface area contributed by atoms with Crippen molar-refractivity contribution in [3.63, 3.8) is 0 Å². The number of carbonyl (C=O) groups excluding carboxylic acids is 5. The van der Waals surface area contributed by atoms with Gasteiger partial charge >= 0.3 is 6.09 Å². The molecular formula is C34H65N5O8. The molecule has 0 fully saturated rings. The maximum atomic E-state index is 13.6. The van der Waals surface area contributed by atoms with E-state index in [2.05, 4.69) is 26.6 Å². The lowest BCUT2D eigenvalue weighted by atomic mass is 9.92. The molecule has 0 aromatic rings. The molecule has 6 N–H and O–H groups in total. The molecule has 0 saturated heterocycles. The number of methoxy groups -OCH3 is 1. The fourth-order valence-corrected chi connectivity index (χ4v) is 4.92. The van der Waals surface area contributed by atoms with Gasteiger partial charge in [-0.3, -0.25) is 19.2 Å². The van der Waals surface area contributed by atoms with Crippen molar-refractivity contribution in [1.82, 2.24) is 26.6 Å². The van der Waals surface area contributed by atoms with Gasteiger partial charge in [-0.05, 0) is 78.6 Å². The zero-order valence-corrected chi connectivity index (χ0v) is 31.0. The molecule has 0 aromatic carbocycles. The van der Waals surface area contributed by atoms with Crippen LogP contribution in [0.3, 0.4) is 0 Å². The van der Waals surface area contributed by atoms with Crippen LogP contribution < -0.4 is 26.6 Å². The average molecular weight is 672 g/mol. The average Bonchev–Trinajstić information content (AvgIpc) is 2.91. The molecule has 0 radical (unpaired) electrons. The minimum atomic E-state index is -1.09. The van der Waals surface area contributed by atoms with E-state index in [-0.39, 0.29) is 49.1 Å². The van der Waals surface area contributed by atoms with Crippen LogP contribution in [0.1, 0.15) is 115 Å². The number of ether oxygens (including phenoxy) is 2. The van der Waals surface area contributed by atoms with Gasteiger partial charge in [0.15, 0.2) is 0 Å². The van der Waals surface area contributed by atoms with E-state index in [0.29, 0.717) is 25.7 Å². The van der Waals surface area contributed by atoms with Crippen molar-refractivity contribution in [2.45, 2.75) is 157 Å². The number of alkyl carbamates (subject to hydrolysis) is 1. The van der Waals surface area contributed by atoms with Crippen LogP contribution in [0.5, 0.6) is 0 Å². The number of aliphatic hydroxyl groups is 1. The van der Waals surface area contributed by atoms with E-state index in [0.717, 1.165) is 0 Å². The van der Waals surface area contributed by atoms with Crippen LogP contribution in [-0.2, 0) is 28.7 Å². The number of carbonyl (C=O) groups is 5. The molecule has 0 aliphatic heterocycles. The smallest absolute Gasteiger partial charge is 0.408 e. The van der Waals surface area contributed by atoms with E-state index in [4.69, 9.17) is 9.47 Å². The van der Waals surface area contributed by atoms with Crippen molar-refractivity contribution in [2.24, 2.45) is 17.8 Å². The summed E-state index contributed by atoms with van der Waals surface area (Å²) >= 11 is 0. The van der Waals surface area contributed by atoms with E-state index < -0.39 is 59.7 Å². The first kappa shape index (κ1) is 44.1. The number of aliphatic hydroxyl groups excluding tert-OH is 1. The van der Waals surface area contributed by atoms with Gasteiger partial charge in [0, 0.05) is 25.7 Å². The minimum Gasteiger partial charge on any atom is -0.444 e. The Morgan fingerprint density at radius 1 is 0.660 bits per heavy atom. The first-order valence-electron chi connectivity index (χ1n) is 17.1. The lowest BCUT2D eigenvalue weighted by Crippen LogP contribution is -2.57. The Hall–Kier alpha value is -2.93. The van der Waals surface area contributed by atoms with E-state index in [1.54, 1.807) is 27.7 Å². The Morgan fingerprint density at radius 3 is 1.66 bits per heavy atom. The van der Waals surface area contributed by atoms with E-state index >= 15 is 0 Å². The van der Waals surface area contributed by atoms with Gasteiger partial charge in [0.2, 0.25) is 23.6 Å². The molecule has 6 atom stereocenters. The molecule has 0 bridgehead atoms. The predicted octanol–water partition coefficient (Wildman–Crippen LogP) is 3.17. The highest BCUT2D eigenvalue weighted by molar-refractivity contribution is 5.91. The molecule has 5 amide bonds. The minimum absolute atomic E-state index is 0.0412. The number of amides is 5. The molecule has 0 spiro atoms. The molecule has 0 saturated carbocycles. The fraction of sp³-hybridized carbons (Fsp3) is 0.853. The monoisotopic (exact) mass is 671 g/mol. The second-order valence-corrected chi connectivity index (χ2v) is 14.6. The summed E-state index contributed by atoms with van der Waals surface area (Å²) in [7, 11) is 1.48. The largest absolute Gasteiger partial charge is 0.444 e. The quantitative estimate of drug-likeness (QED) is 0.108. The normalized spacial score (nSPS) is 15.7. The summed E-state index contributed by atoms with van der Waals surface area (Å²) in [5.41, 5.74) is -0.756. The maximum absolute atomic E-state index is 13.6. The number of rotatable bonds is 21. The van der Waals surface area contributed by atoms with E-state index in [9.17, 15) is 29.1 Å². The molecule has 0 aliphatic rings. The summed E-state index contributed by atoms with van der Waals surface area (Å²) in [5, 5.41) is 25.2. The summed E-state index contributed by atoms with van der Waals surface area (Å²) in [6, 6.07) is -3.44. The van der Waals surface area contributed by atoms with Crippen molar-refractivity contribution in [1.29, 1.82) is 0 Å². The van der Waals surface area contributed by atoms with Gasteiger partial charge in [-0.1, -0.05) is 48.0 Å². The molecule has 0 aliphatic carbocycles. The Kier molecular flexibility index (Phi) is 20.5. The van der Waals surface area contributed by atoms with Crippen LogP contribution in [0, 0.1) is 17.8 Å². The van der Waals surface area contributed by atoms with Gasteiger partial charge in [0.05, 0.1) is 12.1 Å². The second-order valence-electron chi connectivity index (χ2n) is 14.6. The Bertz CT molecular complexity index is 982. The fourth-order valence-electron chi connectivity index (χ4n) is 4.92. The van der Waals surface area contributed by atoms with Crippen molar-refractivity contribution in [3.8, 4) is 0 Å². The molecule has 47 heavy (non-hydrogen) atoms. The van der Waals surface area contributed by atoms with E-state index in [1.807, 2.05) is 48.5 Å². The lowest BCUT2D eigenvalue weighted by molar-refractivity contribution is -0.132. The number of hydrogen-bond donors (Lipinski definition) is 6. The van der Waals surface area contributed by atoms with Crippen molar-refractivity contribution < 1.29 is 38.6 Å². The summed E-state index contributed by atoms with van der Waals surface area (Å²) in [6.07, 6.45) is 0.273. The molecule has 0 heterocycles. The zero-order chi connectivity index (χ0) is 36.5. The van der Waals surface area contributed by atoms with Crippen LogP contribution in [0.2, 0.25) is 0 Å². The lowest BCUT2D eigenvalue weighted by Gasteiger charge is -2.30. The summed E-state index contributed by atoms with van der Waals surface area (Å²) in [6.45, 7) is 20.4. The van der Waals surface area contributed by atoms with Gasteiger partial charge in [-0.2, -0.15) is 0 Å². The van der Waals surface area contributed by atoms with Gasteiger partial charge in [0.25, 0.3) is 0 Å². The summed E-state index contributed by atoms with van der Waals surface area (Å²) < 4.78 is 10.5. The molecule has 0 unspecified atom stereocenters. The highest BCUT2D eigenvalue weighted by Crippen LogP contribution is 2.17. The zero-order valence-electron chi connectivity index (χ0n) is 31.0. The van der Waals surface area contributed by atoms with Crippen molar-refractivity contribution in [3.05, 3.63) is 0 Å². The Labute approximate surface area is 282 Å². The predicted molar refractivity (Wildman–Crippen MR) is 182 cm³/mol. The Balaban J connectivity index is 5.80. The van der Waals surface area contributed by atoms with Crippen molar-refractivity contribution in [2.75, 3.05) is 13.7 Å². The maximum Gasteiger partial charge on any atom is 0.408 e. The molecule has 13 nitrogen and oxygen atoms in total. The second kappa shape index (κ2) is 21.8. The third-order valence-electron chi connectivity index (χ3n) is 7.16. The van der Waals surface area contributed by atoms with Crippen LogP contribution in [0.4, 0.5) is 4.79 Å². The molecular weight excluding hydrogens is 606 g/mol. The molecule has 274 valence electrons. The Morgan fingerprint density at radius 2 is 1.17 bits per heavy atom. The number of nitrogens with one attached hydrogen (secondary N) is 5. The molecule has 0 aromatic heterocycles. The van der Waals surface area contributed by atoms with Crippen LogP contribution in [0.25, 0.3) is 0 Å². The highest BCUT2D eigenvalue weighted by atomic mass is 16.6. The third-order valence-corrected chi connectivity index (χ3v) is 7.16. The first-order chi connectivity index (χ1) is 21.7. The molecule has 0 rings (SSSR count). The van der Waals surface area contributed by atoms with Gasteiger partial charge in [-0.15, -0.1) is 0 Å². The van der Waals surface area contributed by atoms with Gasteiger partial charge < -0.3 is 41.2 Å². The summed E-state index contributed by atoms with van der Waals surface area (Å²) in [5.74, 6) is -2.19. The van der Waals surface area contributed by atoms with Crippen LogP contribution >= 0.6 is 0 Å². The molecule has 13 heteroatoms. The van der Waals surface area contributed by atoms with Gasteiger partial charge in [0.1, 0.15) is 23.7 Å². The standard InChI is InChI=1S/C34H65N5O8/c1-13-14-24(30(42)35-22(6)7)36-29(41)23(8)19-28(40)26(17-20(2)3)38-31(43)25(15-16-46-12)37-32(44)27(18-21(4)5)39-33(45)47-34(9,10)11/h20-28,40H,13-19H2,1-12H3,(H,35,42)(H,36,41)(H,37,44)(H,38,43)(H,39,45)/t23-,24+,25+,26+,27+,28+/m1/s1.